The molecule has 0 radical (unpaired) electrons. The van der Waals surface area contributed by atoms with E-state index in [1.165, 1.54) is 0 Å². The summed E-state index contributed by atoms with van der Waals surface area (Å²) in [6, 6.07) is 4.94. The zero-order valence-electron chi connectivity index (χ0n) is 10.0. The first kappa shape index (κ1) is 16.0. The van der Waals surface area contributed by atoms with Gasteiger partial charge in [-0.15, -0.1) is 0 Å². The van der Waals surface area contributed by atoms with Gasteiger partial charge in [0.1, 0.15) is 6.04 Å². The zero-order chi connectivity index (χ0) is 14.3. The summed E-state index contributed by atoms with van der Waals surface area (Å²) in [6.07, 6.45) is 0.644. The predicted octanol–water partition coefficient (Wildman–Crippen LogP) is 3.03. The van der Waals surface area contributed by atoms with Crippen LogP contribution in [0.15, 0.2) is 32.3 Å². The average molecular weight is 391 g/mol. The molecule has 3 N–H and O–H groups in total. The highest BCUT2D eigenvalue weighted by Gasteiger charge is 2.17. The van der Waals surface area contributed by atoms with Gasteiger partial charge in [0, 0.05) is 20.4 Å². The number of carbonyl (C=O) groups excluding carboxylic acids is 1. The van der Waals surface area contributed by atoms with Gasteiger partial charge >= 0.3 is 0 Å². The summed E-state index contributed by atoms with van der Waals surface area (Å²) in [5, 5.41) is 6.47. The minimum atomic E-state index is -0.560. The van der Waals surface area contributed by atoms with Crippen molar-refractivity contribution in [2.45, 2.75) is 12.5 Å². The first-order valence-corrected chi connectivity index (χ1v) is 7.13. The second-order valence-corrected chi connectivity index (χ2v) is 5.48. The molecule has 0 saturated carbocycles. The molecule has 1 rings (SSSR count). The number of nitrogens with zero attached hydrogens (tertiary/aromatic N) is 3. The number of amides is 1. The van der Waals surface area contributed by atoms with Gasteiger partial charge in [0.2, 0.25) is 5.91 Å². The van der Waals surface area contributed by atoms with Gasteiger partial charge in [0.15, 0.2) is 0 Å². The highest BCUT2D eigenvalue weighted by Crippen LogP contribution is 2.26. The fraction of sp³-hybridized carbons (Fsp3) is 0.364. The summed E-state index contributed by atoms with van der Waals surface area (Å²) in [5.41, 5.74) is 14.3. The predicted molar refractivity (Wildman–Crippen MR) is 80.4 cm³/mol. The van der Waals surface area contributed by atoms with E-state index in [-0.39, 0.29) is 0 Å². The second-order valence-electron chi connectivity index (χ2n) is 3.77. The van der Waals surface area contributed by atoms with Gasteiger partial charge in [0.05, 0.1) is 0 Å². The molecule has 0 aliphatic rings. The highest BCUT2D eigenvalue weighted by molar-refractivity contribution is 9.13. The Morgan fingerprint density at radius 3 is 2.79 bits per heavy atom. The molecule has 1 aromatic rings. The maximum atomic E-state index is 11.5. The molecule has 1 aromatic carbocycles. The molecule has 1 unspecified atom stereocenters. The molecule has 0 heterocycles. The molecule has 0 saturated heterocycles. The molecule has 0 spiro atoms. The van der Waals surface area contributed by atoms with E-state index in [1.54, 1.807) is 0 Å². The number of primary amides is 1. The largest absolute Gasteiger partial charge is 0.368 e. The lowest BCUT2D eigenvalue weighted by Gasteiger charge is -2.16. The van der Waals surface area contributed by atoms with Gasteiger partial charge in [-0.2, -0.15) is 0 Å². The molecular formula is C11H13Br2N5O. The molecule has 0 aliphatic heterocycles. The van der Waals surface area contributed by atoms with Crippen LogP contribution in [0.2, 0.25) is 0 Å². The molecule has 0 fully saturated rings. The average Bonchev–Trinajstić information content (AvgIpc) is 2.37. The summed E-state index contributed by atoms with van der Waals surface area (Å²) in [6.45, 7) is 0.930. The molecular weight excluding hydrogens is 378 g/mol. The maximum absolute atomic E-state index is 11.5. The number of nitrogens with one attached hydrogen (secondary N) is 1. The van der Waals surface area contributed by atoms with E-state index in [2.05, 4.69) is 47.2 Å². The Morgan fingerprint density at radius 1 is 1.47 bits per heavy atom. The molecule has 6 nitrogen and oxygen atoms in total. The van der Waals surface area contributed by atoms with Crippen LogP contribution in [0.4, 0.5) is 0 Å². The molecule has 0 aromatic heterocycles. The van der Waals surface area contributed by atoms with E-state index in [9.17, 15) is 4.79 Å². The number of halogens is 2. The first-order chi connectivity index (χ1) is 9.06. The number of hydrogen-bond donors (Lipinski definition) is 2. The van der Waals surface area contributed by atoms with E-state index in [1.807, 2.05) is 18.2 Å². The van der Waals surface area contributed by atoms with Crippen molar-refractivity contribution in [2.75, 3.05) is 13.1 Å². The minimum absolute atomic E-state index is 0.388. The Balaban J connectivity index is 2.69. The lowest BCUT2D eigenvalue weighted by molar-refractivity contribution is -0.120. The van der Waals surface area contributed by atoms with Crippen molar-refractivity contribution in [1.82, 2.24) is 5.32 Å². The van der Waals surface area contributed by atoms with Crippen LogP contribution in [-0.4, -0.2) is 19.0 Å². The van der Waals surface area contributed by atoms with E-state index >= 15 is 0 Å². The number of hydrogen-bond acceptors (Lipinski definition) is 3. The summed E-state index contributed by atoms with van der Waals surface area (Å²) < 4.78 is 1.76. The fourth-order valence-electron chi connectivity index (χ4n) is 1.52. The SMILES string of the molecule is [N-]=[N+]=NCCCNC(C(N)=O)c1ccc(Br)c(Br)c1. The Bertz CT molecular complexity index is 502. The van der Waals surface area contributed by atoms with Crippen LogP contribution in [0.25, 0.3) is 10.4 Å². The molecule has 102 valence electrons. The van der Waals surface area contributed by atoms with E-state index < -0.39 is 11.9 Å². The third-order valence-electron chi connectivity index (χ3n) is 2.41. The van der Waals surface area contributed by atoms with E-state index in [0.29, 0.717) is 19.5 Å². The van der Waals surface area contributed by atoms with E-state index in [4.69, 9.17) is 11.3 Å². The molecule has 19 heavy (non-hydrogen) atoms. The number of azide groups is 1. The number of carbonyl (C=O) groups is 1. The van der Waals surface area contributed by atoms with Crippen LogP contribution in [-0.2, 0) is 4.79 Å². The molecule has 0 aliphatic carbocycles. The summed E-state index contributed by atoms with van der Waals surface area (Å²) >= 11 is 6.75. The number of benzene rings is 1. The van der Waals surface area contributed by atoms with Gasteiger partial charge in [-0.05, 0) is 68.1 Å². The van der Waals surface area contributed by atoms with Gasteiger partial charge in [-0.25, -0.2) is 0 Å². The normalized spacial score (nSPS) is 11.7. The highest BCUT2D eigenvalue weighted by atomic mass is 79.9. The number of nitrogens with two attached hydrogens (primary N) is 1. The van der Waals surface area contributed by atoms with Gasteiger partial charge in [0.25, 0.3) is 0 Å². The topological polar surface area (TPSA) is 104 Å². The Labute approximate surface area is 127 Å². The van der Waals surface area contributed by atoms with Gasteiger partial charge in [-0.3, -0.25) is 4.79 Å². The maximum Gasteiger partial charge on any atom is 0.239 e. The van der Waals surface area contributed by atoms with Crippen molar-refractivity contribution < 1.29 is 4.79 Å². The molecule has 8 heteroatoms. The van der Waals surface area contributed by atoms with Crippen molar-refractivity contribution in [3.63, 3.8) is 0 Å². The van der Waals surface area contributed by atoms with Crippen molar-refractivity contribution in [2.24, 2.45) is 10.8 Å². The lowest BCUT2D eigenvalue weighted by atomic mass is 10.1. The van der Waals surface area contributed by atoms with Crippen molar-refractivity contribution in [3.05, 3.63) is 43.2 Å². The van der Waals surface area contributed by atoms with Crippen LogP contribution in [0.1, 0.15) is 18.0 Å². The Hall–Kier alpha value is -1.08. The quantitative estimate of drug-likeness (QED) is 0.323. The summed E-state index contributed by atoms with van der Waals surface area (Å²) in [5.74, 6) is -0.446. The standard InChI is InChI=1S/C11H13Br2N5O/c12-8-3-2-7(6-9(8)13)10(11(14)19)16-4-1-5-17-18-15/h2-3,6,10,16H,1,4-5H2,(H2,14,19). The summed E-state index contributed by atoms with van der Waals surface area (Å²) in [7, 11) is 0. The van der Waals surface area contributed by atoms with Crippen LogP contribution in [0, 0.1) is 0 Å². The number of rotatable bonds is 7. The van der Waals surface area contributed by atoms with Gasteiger partial charge in [-0.1, -0.05) is 11.2 Å². The van der Waals surface area contributed by atoms with Crippen molar-refractivity contribution in [3.8, 4) is 0 Å². The Morgan fingerprint density at radius 2 is 2.21 bits per heavy atom. The smallest absolute Gasteiger partial charge is 0.239 e. The Kier molecular flexibility index (Phi) is 6.86. The lowest BCUT2D eigenvalue weighted by Crippen LogP contribution is -2.34. The van der Waals surface area contributed by atoms with Crippen molar-refractivity contribution >= 4 is 37.8 Å². The van der Waals surface area contributed by atoms with Crippen LogP contribution >= 0.6 is 31.9 Å². The zero-order valence-corrected chi connectivity index (χ0v) is 13.2. The second kappa shape index (κ2) is 8.16. The fourth-order valence-corrected chi connectivity index (χ4v) is 2.16. The third kappa shape index (κ3) is 5.20. The van der Waals surface area contributed by atoms with Gasteiger partial charge < -0.3 is 11.1 Å². The van der Waals surface area contributed by atoms with Crippen LogP contribution < -0.4 is 11.1 Å². The van der Waals surface area contributed by atoms with Crippen LogP contribution in [0.5, 0.6) is 0 Å². The summed E-state index contributed by atoms with van der Waals surface area (Å²) in [4.78, 5) is 14.1. The van der Waals surface area contributed by atoms with Crippen LogP contribution in [0.3, 0.4) is 0 Å². The van der Waals surface area contributed by atoms with E-state index in [0.717, 1.165) is 14.5 Å². The minimum Gasteiger partial charge on any atom is -0.368 e. The monoisotopic (exact) mass is 389 g/mol. The first-order valence-electron chi connectivity index (χ1n) is 5.54. The molecule has 0 bridgehead atoms. The van der Waals surface area contributed by atoms with Crippen molar-refractivity contribution in [1.29, 1.82) is 0 Å². The molecule has 1 amide bonds. The third-order valence-corrected chi connectivity index (χ3v) is 4.29. The molecule has 1 atom stereocenters.